The Morgan fingerprint density at radius 3 is 2.47 bits per heavy atom. The summed E-state index contributed by atoms with van der Waals surface area (Å²) in [6.45, 7) is 2.96. The highest BCUT2D eigenvalue weighted by atomic mass is 32.1. The van der Waals surface area contributed by atoms with Crippen molar-refractivity contribution in [1.29, 1.82) is 0 Å². The number of guanidine groups is 1. The molecule has 7 nitrogen and oxygen atoms in total. The van der Waals surface area contributed by atoms with Gasteiger partial charge in [-0.25, -0.2) is 4.98 Å². The average molecular weight is 427 g/mol. The first-order valence-corrected chi connectivity index (χ1v) is 10.8. The van der Waals surface area contributed by atoms with Crippen LogP contribution in [0.4, 0.5) is 5.13 Å². The molecule has 8 heteroatoms. The summed E-state index contributed by atoms with van der Waals surface area (Å²) in [5.41, 5.74) is 3.53. The number of furan rings is 1. The van der Waals surface area contributed by atoms with E-state index in [2.05, 4.69) is 62.2 Å². The van der Waals surface area contributed by atoms with Crippen LogP contribution in [0.3, 0.4) is 0 Å². The van der Waals surface area contributed by atoms with Gasteiger partial charge >= 0.3 is 0 Å². The van der Waals surface area contributed by atoms with Crippen molar-refractivity contribution in [3.63, 3.8) is 0 Å². The number of thiazole rings is 1. The van der Waals surface area contributed by atoms with Gasteiger partial charge in [0.1, 0.15) is 5.76 Å². The van der Waals surface area contributed by atoms with E-state index in [1.165, 1.54) is 11.1 Å². The van der Waals surface area contributed by atoms with E-state index in [4.69, 9.17) is 4.42 Å². The van der Waals surface area contributed by atoms with Gasteiger partial charge in [-0.15, -0.1) is 11.3 Å². The summed E-state index contributed by atoms with van der Waals surface area (Å²) in [4.78, 5) is 13.2. The molecule has 2 aromatic heterocycles. The van der Waals surface area contributed by atoms with E-state index in [0.29, 0.717) is 13.1 Å². The number of anilines is 1. The molecule has 0 spiro atoms. The lowest BCUT2D eigenvalue weighted by Crippen LogP contribution is -2.36. The van der Waals surface area contributed by atoms with Crippen LogP contribution in [0.1, 0.15) is 22.6 Å². The Kier molecular flexibility index (Phi) is 7.87. The van der Waals surface area contributed by atoms with Gasteiger partial charge in [0, 0.05) is 39.6 Å². The van der Waals surface area contributed by atoms with Crippen LogP contribution < -0.4 is 15.5 Å². The predicted molar refractivity (Wildman–Crippen MR) is 124 cm³/mol. The highest BCUT2D eigenvalue weighted by Crippen LogP contribution is 2.17. The van der Waals surface area contributed by atoms with Crippen molar-refractivity contribution in [2.75, 3.05) is 33.1 Å². The molecule has 0 aliphatic heterocycles. The minimum atomic E-state index is 0.636. The summed E-state index contributed by atoms with van der Waals surface area (Å²) in [6.07, 6.45) is 1.71. The SMILES string of the molecule is CN=C(NCc1csc(N(C)C)n1)NCc1ccccc1CN(C)Cc1ccco1. The molecule has 0 unspecified atom stereocenters. The lowest BCUT2D eigenvalue weighted by Gasteiger charge is -2.19. The second kappa shape index (κ2) is 10.8. The van der Waals surface area contributed by atoms with Gasteiger partial charge in [0.05, 0.1) is 25.0 Å². The zero-order valence-corrected chi connectivity index (χ0v) is 18.9. The van der Waals surface area contributed by atoms with E-state index >= 15 is 0 Å². The molecule has 0 aliphatic carbocycles. The fourth-order valence-corrected chi connectivity index (χ4v) is 3.81. The highest BCUT2D eigenvalue weighted by molar-refractivity contribution is 7.13. The maximum absolute atomic E-state index is 5.46. The van der Waals surface area contributed by atoms with Gasteiger partial charge in [0.2, 0.25) is 0 Å². The Hall–Kier alpha value is -2.84. The van der Waals surface area contributed by atoms with Crippen LogP contribution >= 0.6 is 11.3 Å². The molecule has 0 radical (unpaired) electrons. The molecule has 0 amide bonds. The zero-order valence-electron chi connectivity index (χ0n) is 18.1. The number of rotatable bonds is 9. The van der Waals surface area contributed by atoms with Gasteiger partial charge in [-0.2, -0.15) is 0 Å². The Morgan fingerprint density at radius 2 is 1.80 bits per heavy atom. The van der Waals surface area contributed by atoms with E-state index in [9.17, 15) is 0 Å². The number of aromatic nitrogens is 1. The Balaban J connectivity index is 1.53. The second-order valence-electron chi connectivity index (χ2n) is 7.32. The van der Waals surface area contributed by atoms with Gasteiger partial charge < -0.3 is 20.0 Å². The molecule has 2 heterocycles. The van der Waals surface area contributed by atoms with Crippen molar-refractivity contribution in [3.05, 3.63) is 70.6 Å². The molecule has 1 aromatic carbocycles. The maximum Gasteiger partial charge on any atom is 0.191 e. The molecule has 0 atom stereocenters. The minimum Gasteiger partial charge on any atom is -0.468 e. The standard InChI is InChI=1S/C22H30N6OS/c1-23-21(25-13-19-16-30-22(26-19)27(2)3)24-12-17-8-5-6-9-18(17)14-28(4)15-20-10-7-11-29-20/h5-11,16H,12-15H2,1-4H3,(H2,23,24,25). The van der Waals surface area contributed by atoms with Crippen LogP contribution in [0.2, 0.25) is 0 Å². The summed E-state index contributed by atoms with van der Waals surface area (Å²) in [6, 6.07) is 12.4. The van der Waals surface area contributed by atoms with Crippen LogP contribution in [0.15, 0.2) is 57.5 Å². The summed E-state index contributed by atoms with van der Waals surface area (Å²) >= 11 is 1.64. The molecule has 0 saturated heterocycles. The highest BCUT2D eigenvalue weighted by Gasteiger charge is 2.09. The van der Waals surface area contributed by atoms with E-state index < -0.39 is 0 Å². The van der Waals surface area contributed by atoms with E-state index in [-0.39, 0.29) is 0 Å². The van der Waals surface area contributed by atoms with Gasteiger partial charge in [-0.05, 0) is 30.3 Å². The number of benzene rings is 1. The largest absolute Gasteiger partial charge is 0.468 e. The van der Waals surface area contributed by atoms with Gasteiger partial charge in [0.15, 0.2) is 11.1 Å². The smallest absolute Gasteiger partial charge is 0.191 e. The molecule has 160 valence electrons. The minimum absolute atomic E-state index is 0.636. The van der Waals surface area contributed by atoms with Crippen LogP contribution in [-0.4, -0.2) is 44.0 Å². The molecule has 3 aromatic rings. The van der Waals surface area contributed by atoms with Crippen LogP contribution in [0, 0.1) is 0 Å². The van der Waals surface area contributed by atoms with Gasteiger partial charge in [-0.3, -0.25) is 9.89 Å². The number of aliphatic imine (C=N–C) groups is 1. The van der Waals surface area contributed by atoms with E-state index in [1.54, 1.807) is 24.6 Å². The summed E-state index contributed by atoms with van der Waals surface area (Å²) < 4.78 is 5.46. The molecule has 0 saturated carbocycles. The van der Waals surface area contributed by atoms with Crippen LogP contribution in [-0.2, 0) is 26.2 Å². The molecule has 30 heavy (non-hydrogen) atoms. The van der Waals surface area contributed by atoms with Gasteiger partial charge in [0.25, 0.3) is 0 Å². The van der Waals surface area contributed by atoms with Crippen molar-refractivity contribution < 1.29 is 4.42 Å². The summed E-state index contributed by atoms with van der Waals surface area (Å²) in [7, 11) is 7.88. The van der Waals surface area contributed by atoms with E-state index in [1.807, 2.05) is 31.1 Å². The van der Waals surface area contributed by atoms with Crippen LogP contribution in [0.25, 0.3) is 0 Å². The number of hydrogen-bond acceptors (Lipinski definition) is 6. The summed E-state index contributed by atoms with van der Waals surface area (Å²) in [5.74, 6) is 1.73. The third kappa shape index (κ3) is 6.33. The zero-order chi connectivity index (χ0) is 21.3. The lowest BCUT2D eigenvalue weighted by molar-refractivity contribution is 0.287. The fraction of sp³-hybridized carbons (Fsp3) is 0.364. The van der Waals surface area contributed by atoms with Crippen molar-refractivity contribution in [3.8, 4) is 0 Å². The van der Waals surface area contributed by atoms with Crippen molar-refractivity contribution in [1.82, 2.24) is 20.5 Å². The predicted octanol–water partition coefficient (Wildman–Crippen LogP) is 3.30. The van der Waals surface area contributed by atoms with Gasteiger partial charge in [-0.1, -0.05) is 24.3 Å². The number of nitrogens with zero attached hydrogens (tertiary/aromatic N) is 4. The average Bonchev–Trinajstić information content (AvgIpc) is 3.41. The second-order valence-corrected chi connectivity index (χ2v) is 8.15. The Labute approximate surface area is 182 Å². The maximum atomic E-state index is 5.46. The third-order valence-electron chi connectivity index (χ3n) is 4.59. The number of hydrogen-bond donors (Lipinski definition) is 2. The van der Waals surface area contributed by atoms with Crippen molar-refractivity contribution in [2.24, 2.45) is 4.99 Å². The molecule has 3 rings (SSSR count). The monoisotopic (exact) mass is 426 g/mol. The third-order valence-corrected chi connectivity index (χ3v) is 5.65. The lowest BCUT2D eigenvalue weighted by atomic mass is 10.1. The van der Waals surface area contributed by atoms with Crippen molar-refractivity contribution in [2.45, 2.75) is 26.2 Å². The summed E-state index contributed by atoms with van der Waals surface area (Å²) in [5, 5.41) is 9.82. The number of nitrogens with one attached hydrogen (secondary N) is 2. The molecular formula is C22H30N6OS. The molecular weight excluding hydrogens is 396 g/mol. The molecule has 0 aliphatic rings. The quantitative estimate of drug-likeness (QED) is 0.404. The first-order chi connectivity index (χ1) is 14.5. The van der Waals surface area contributed by atoms with Crippen LogP contribution in [0.5, 0.6) is 0 Å². The first-order valence-electron chi connectivity index (χ1n) is 9.89. The molecule has 2 N–H and O–H groups in total. The normalized spacial score (nSPS) is 11.7. The first kappa shape index (κ1) is 21.9. The molecule has 0 fully saturated rings. The Morgan fingerprint density at radius 1 is 1.03 bits per heavy atom. The fourth-order valence-electron chi connectivity index (χ4n) is 3.06. The topological polar surface area (TPSA) is 68.9 Å². The van der Waals surface area contributed by atoms with E-state index in [0.717, 1.165) is 35.6 Å². The van der Waals surface area contributed by atoms with Crippen molar-refractivity contribution >= 4 is 22.4 Å². The Bertz CT molecular complexity index is 935. The molecule has 0 bridgehead atoms.